The van der Waals surface area contributed by atoms with Gasteiger partial charge in [-0.15, -0.1) is 23.2 Å². The van der Waals surface area contributed by atoms with Gasteiger partial charge in [-0.3, -0.25) is 14.4 Å². The Morgan fingerprint density at radius 1 is 0.886 bits per heavy atom. The van der Waals surface area contributed by atoms with E-state index >= 15 is 4.39 Å². The number of anilines is 3. The SMILES string of the molecule is O=C(Nc1ccc(F)c(NC(=O)C2CCO2)c1F)c1cc(NC(=O)[C@H]2[C@H](c3ccc(F)c(C(F)(F)F)c3)C2(Cl)Cl)ccc1Cl. The van der Waals surface area contributed by atoms with Gasteiger partial charge in [-0.1, -0.05) is 17.7 Å². The second-order valence-electron chi connectivity index (χ2n) is 9.93. The lowest BCUT2D eigenvalue weighted by Crippen LogP contribution is -2.39. The fourth-order valence-corrected chi connectivity index (χ4v) is 5.65. The predicted molar refractivity (Wildman–Crippen MR) is 149 cm³/mol. The highest BCUT2D eigenvalue weighted by atomic mass is 35.5. The van der Waals surface area contributed by atoms with Gasteiger partial charge in [0.2, 0.25) is 5.91 Å². The maximum absolute atomic E-state index is 15.1. The van der Waals surface area contributed by atoms with Gasteiger partial charge in [0.15, 0.2) is 5.82 Å². The summed E-state index contributed by atoms with van der Waals surface area (Å²) in [5.41, 5.74) is -3.23. The maximum atomic E-state index is 15.1. The van der Waals surface area contributed by atoms with Crippen molar-refractivity contribution in [1.82, 2.24) is 0 Å². The molecule has 2 aliphatic rings. The largest absolute Gasteiger partial charge is 0.419 e. The van der Waals surface area contributed by atoms with E-state index in [9.17, 15) is 36.3 Å². The van der Waals surface area contributed by atoms with Crippen molar-refractivity contribution in [3.8, 4) is 0 Å². The Kier molecular flexibility index (Phi) is 8.53. The molecule has 3 aromatic rings. The van der Waals surface area contributed by atoms with Crippen LogP contribution >= 0.6 is 34.8 Å². The molecule has 1 heterocycles. The van der Waals surface area contributed by atoms with Crippen LogP contribution in [0, 0.1) is 23.4 Å². The van der Waals surface area contributed by atoms with E-state index in [1.807, 2.05) is 0 Å². The van der Waals surface area contributed by atoms with Crippen LogP contribution in [0.25, 0.3) is 0 Å². The molecule has 232 valence electrons. The monoisotopic (exact) mass is 679 g/mol. The number of halogens is 9. The lowest BCUT2D eigenvalue weighted by atomic mass is 10.0. The van der Waals surface area contributed by atoms with E-state index in [2.05, 4.69) is 16.0 Å². The summed E-state index contributed by atoms with van der Waals surface area (Å²) in [4.78, 5) is 38.1. The van der Waals surface area contributed by atoms with E-state index in [0.29, 0.717) is 25.2 Å². The van der Waals surface area contributed by atoms with Gasteiger partial charge in [0, 0.05) is 18.0 Å². The average molecular weight is 681 g/mol. The molecule has 1 unspecified atom stereocenters. The Hall–Kier alpha value is -3.52. The topological polar surface area (TPSA) is 96.5 Å². The molecule has 1 aliphatic heterocycles. The summed E-state index contributed by atoms with van der Waals surface area (Å²) < 4.78 is 85.8. The highest BCUT2D eigenvalue weighted by Crippen LogP contribution is 2.65. The van der Waals surface area contributed by atoms with E-state index in [-0.39, 0.29) is 21.8 Å². The number of hydrogen-bond acceptors (Lipinski definition) is 4. The van der Waals surface area contributed by atoms with Crippen molar-refractivity contribution < 1.29 is 45.5 Å². The molecule has 0 radical (unpaired) electrons. The third kappa shape index (κ3) is 6.19. The quantitative estimate of drug-likeness (QED) is 0.181. The summed E-state index contributed by atoms with van der Waals surface area (Å²) in [6, 6.07) is 7.56. The van der Waals surface area contributed by atoms with Crippen molar-refractivity contribution in [2.24, 2.45) is 5.92 Å². The molecule has 0 spiro atoms. The molecule has 44 heavy (non-hydrogen) atoms. The second kappa shape index (κ2) is 11.8. The number of ether oxygens (including phenoxy) is 1. The molecule has 3 aromatic carbocycles. The van der Waals surface area contributed by atoms with E-state index < -0.39 is 80.6 Å². The van der Waals surface area contributed by atoms with Crippen LogP contribution in [0.2, 0.25) is 5.02 Å². The maximum Gasteiger partial charge on any atom is 0.419 e. The minimum absolute atomic E-state index is 0.0116. The number of carbonyl (C=O) groups is 3. The number of benzene rings is 3. The highest BCUT2D eigenvalue weighted by molar-refractivity contribution is 6.53. The zero-order valence-corrected chi connectivity index (χ0v) is 24.1. The fourth-order valence-electron chi connectivity index (χ4n) is 4.62. The Morgan fingerprint density at radius 2 is 1.57 bits per heavy atom. The molecule has 16 heteroatoms. The van der Waals surface area contributed by atoms with Crippen LogP contribution in [-0.2, 0) is 20.5 Å². The summed E-state index contributed by atoms with van der Waals surface area (Å²) in [6.07, 6.45) is -5.48. The Morgan fingerprint density at radius 3 is 2.20 bits per heavy atom. The van der Waals surface area contributed by atoms with E-state index in [4.69, 9.17) is 39.5 Å². The van der Waals surface area contributed by atoms with Crippen LogP contribution in [0.4, 0.5) is 43.4 Å². The molecule has 0 bridgehead atoms. The van der Waals surface area contributed by atoms with Crippen molar-refractivity contribution in [3.05, 3.63) is 87.7 Å². The smallest absolute Gasteiger partial charge is 0.368 e. The van der Waals surface area contributed by atoms with Crippen LogP contribution in [0.5, 0.6) is 0 Å². The molecular weight excluding hydrogens is 663 g/mol. The lowest BCUT2D eigenvalue weighted by molar-refractivity contribution is -0.140. The third-order valence-electron chi connectivity index (χ3n) is 7.05. The molecule has 3 amide bonds. The van der Waals surface area contributed by atoms with Crippen LogP contribution in [0.3, 0.4) is 0 Å². The molecule has 1 saturated heterocycles. The summed E-state index contributed by atoms with van der Waals surface area (Å²) in [5, 5.41) is 6.63. The van der Waals surface area contributed by atoms with Gasteiger partial charge < -0.3 is 20.7 Å². The first-order chi connectivity index (χ1) is 20.6. The third-order valence-corrected chi connectivity index (χ3v) is 8.32. The minimum atomic E-state index is -4.99. The fraction of sp³-hybridized carbons (Fsp3) is 0.250. The zero-order valence-electron chi connectivity index (χ0n) is 21.8. The van der Waals surface area contributed by atoms with Gasteiger partial charge in [-0.05, 0) is 48.0 Å². The lowest BCUT2D eigenvalue weighted by Gasteiger charge is -2.25. The number of alkyl halides is 5. The molecule has 0 aromatic heterocycles. The van der Waals surface area contributed by atoms with E-state index in [0.717, 1.165) is 24.3 Å². The minimum Gasteiger partial charge on any atom is -0.368 e. The highest BCUT2D eigenvalue weighted by Gasteiger charge is 2.67. The second-order valence-corrected chi connectivity index (χ2v) is 11.8. The molecular formula is C28H18Cl3F6N3O4. The number of carbonyl (C=O) groups excluding carboxylic acids is 3. The Bertz CT molecular complexity index is 1680. The first-order valence-electron chi connectivity index (χ1n) is 12.7. The molecule has 7 nitrogen and oxygen atoms in total. The van der Waals surface area contributed by atoms with Gasteiger partial charge in [0.25, 0.3) is 11.8 Å². The standard InChI is InChI=1S/C28H18Cl3F6N3O4/c29-15-3-2-12(38-26(43)21-20(27(21,30)31)11-1-4-16(32)14(9-11)28(35,36)37)10-13(15)24(41)39-18-6-5-17(33)23(22(18)34)40-25(42)19-7-8-44-19/h1-6,9-10,19-21H,7-8H2,(H,38,43)(H,39,41)(H,40,42)/t19?,20-,21+/m0/s1. The number of rotatable bonds is 7. The van der Waals surface area contributed by atoms with Crippen molar-refractivity contribution in [1.29, 1.82) is 0 Å². The van der Waals surface area contributed by atoms with Crippen molar-refractivity contribution >= 4 is 69.6 Å². The summed E-state index contributed by atoms with van der Waals surface area (Å²) >= 11 is 18.6. The molecule has 3 atom stereocenters. The van der Waals surface area contributed by atoms with Crippen LogP contribution < -0.4 is 16.0 Å². The zero-order chi connectivity index (χ0) is 32.1. The summed E-state index contributed by atoms with van der Waals surface area (Å²) in [5.74, 6) is -8.82. The van der Waals surface area contributed by atoms with Crippen molar-refractivity contribution in [2.75, 3.05) is 22.6 Å². The van der Waals surface area contributed by atoms with E-state index in [1.54, 1.807) is 0 Å². The Labute approximate surface area is 259 Å². The number of hydrogen-bond donors (Lipinski definition) is 3. The van der Waals surface area contributed by atoms with Crippen LogP contribution in [-0.4, -0.2) is 34.8 Å². The van der Waals surface area contributed by atoms with Crippen molar-refractivity contribution in [3.63, 3.8) is 0 Å². The normalized spacial score (nSPS) is 20.3. The van der Waals surface area contributed by atoms with Crippen LogP contribution in [0.1, 0.15) is 33.8 Å². The summed E-state index contributed by atoms with van der Waals surface area (Å²) in [7, 11) is 0. The van der Waals surface area contributed by atoms with Gasteiger partial charge in [0.1, 0.15) is 27.8 Å². The first kappa shape index (κ1) is 31.9. The average Bonchev–Trinajstić information content (AvgIpc) is 3.49. The molecule has 1 aliphatic carbocycles. The Balaban J connectivity index is 1.31. The van der Waals surface area contributed by atoms with Gasteiger partial charge in [0.05, 0.1) is 34.4 Å². The molecule has 1 saturated carbocycles. The van der Waals surface area contributed by atoms with Crippen molar-refractivity contribution in [2.45, 2.75) is 29.0 Å². The van der Waals surface area contributed by atoms with Gasteiger partial charge in [-0.25, -0.2) is 13.2 Å². The van der Waals surface area contributed by atoms with Crippen LogP contribution in [0.15, 0.2) is 48.5 Å². The number of nitrogens with one attached hydrogen (secondary N) is 3. The first-order valence-corrected chi connectivity index (χ1v) is 13.8. The predicted octanol–water partition coefficient (Wildman–Crippen LogP) is 7.28. The molecule has 3 N–H and O–H groups in total. The van der Waals surface area contributed by atoms with Gasteiger partial charge in [-0.2, -0.15) is 13.2 Å². The summed E-state index contributed by atoms with van der Waals surface area (Å²) in [6.45, 7) is 0.330. The molecule has 2 fully saturated rings. The number of amides is 3. The molecule has 5 rings (SSSR count). The van der Waals surface area contributed by atoms with E-state index in [1.165, 1.54) is 12.1 Å². The van der Waals surface area contributed by atoms with Gasteiger partial charge >= 0.3 is 6.18 Å².